The monoisotopic (exact) mass is 252 g/mol. The van der Waals surface area contributed by atoms with Gasteiger partial charge in [-0.15, -0.1) is 6.42 Å². The van der Waals surface area contributed by atoms with Crippen LogP contribution >= 0.6 is 0 Å². The van der Waals surface area contributed by atoms with Gasteiger partial charge in [-0.1, -0.05) is 39.0 Å². The number of amides is 1. The SMILES string of the molecule is C#CC(CCC)NC(=O)CCC(CCC)CCN. The zero-order chi connectivity index (χ0) is 13.8. The molecule has 3 heteroatoms. The van der Waals surface area contributed by atoms with E-state index in [1.165, 1.54) is 0 Å². The van der Waals surface area contributed by atoms with Crippen LogP contribution in [0.2, 0.25) is 0 Å². The third-order valence-electron chi connectivity index (χ3n) is 3.17. The highest BCUT2D eigenvalue weighted by molar-refractivity contribution is 5.76. The molecule has 0 aliphatic rings. The molecule has 0 saturated carbocycles. The van der Waals surface area contributed by atoms with Gasteiger partial charge < -0.3 is 11.1 Å². The zero-order valence-corrected chi connectivity index (χ0v) is 11.9. The Morgan fingerprint density at radius 2 is 1.89 bits per heavy atom. The molecular formula is C15H28N2O. The lowest BCUT2D eigenvalue weighted by molar-refractivity contribution is -0.121. The van der Waals surface area contributed by atoms with Crippen LogP contribution in [0.3, 0.4) is 0 Å². The molecule has 0 aromatic carbocycles. The van der Waals surface area contributed by atoms with Crippen LogP contribution in [0.15, 0.2) is 0 Å². The minimum Gasteiger partial charge on any atom is -0.342 e. The first-order chi connectivity index (χ1) is 8.67. The topological polar surface area (TPSA) is 55.1 Å². The predicted molar refractivity (Wildman–Crippen MR) is 77.0 cm³/mol. The summed E-state index contributed by atoms with van der Waals surface area (Å²) < 4.78 is 0. The number of nitrogens with one attached hydrogen (secondary N) is 1. The molecule has 0 rings (SSSR count). The van der Waals surface area contributed by atoms with Crippen LogP contribution in [0.4, 0.5) is 0 Å². The molecule has 2 atom stereocenters. The van der Waals surface area contributed by atoms with Gasteiger partial charge in [0, 0.05) is 6.42 Å². The summed E-state index contributed by atoms with van der Waals surface area (Å²) >= 11 is 0. The van der Waals surface area contributed by atoms with Crippen molar-refractivity contribution in [3.05, 3.63) is 0 Å². The predicted octanol–water partition coefficient (Wildman–Crippen LogP) is 2.45. The molecule has 3 nitrogen and oxygen atoms in total. The summed E-state index contributed by atoms with van der Waals surface area (Å²) in [4.78, 5) is 11.8. The number of hydrogen-bond donors (Lipinski definition) is 2. The van der Waals surface area contributed by atoms with E-state index in [-0.39, 0.29) is 11.9 Å². The van der Waals surface area contributed by atoms with E-state index in [1.807, 2.05) is 0 Å². The summed E-state index contributed by atoms with van der Waals surface area (Å²) in [6, 6.07) is -0.110. The van der Waals surface area contributed by atoms with E-state index in [4.69, 9.17) is 12.2 Å². The van der Waals surface area contributed by atoms with Crippen LogP contribution < -0.4 is 11.1 Å². The van der Waals surface area contributed by atoms with Crippen molar-refractivity contribution in [2.75, 3.05) is 6.54 Å². The van der Waals surface area contributed by atoms with Crippen LogP contribution in [0, 0.1) is 18.3 Å². The third-order valence-corrected chi connectivity index (χ3v) is 3.17. The number of nitrogens with two attached hydrogens (primary N) is 1. The van der Waals surface area contributed by atoms with Crippen molar-refractivity contribution in [2.45, 2.75) is 64.8 Å². The molecule has 0 spiro atoms. The number of hydrogen-bond acceptors (Lipinski definition) is 2. The molecule has 0 aromatic heterocycles. The molecular weight excluding hydrogens is 224 g/mol. The quantitative estimate of drug-likeness (QED) is 0.587. The van der Waals surface area contributed by atoms with Gasteiger partial charge in [-0.05, 0) is 31.7 Å². The van der Waals surface area contributed by atoms with Crippen LogP contribution in [0.5, 0.6) is 0 Å². The van der Waals surface area contributed by atoms with Gasteiger partial charge >= 0.3 is 0 Å². The maximum atomic E-state index is 11.8. The van der Waals surface area contributed by atoms with Gasteiger partial charge in [0.2, 0.25) is 5.91 Å². The maximum absolute atomic E-state index is 11.8. The molecule has 3 N–H and O–H groups in total. The lowest BCUT2D eigenvalue weighted by atomic mass is 9.94. The molecule has 0 aromatic rings. The Labute approximate surface area is 112 Å². The summed E-state index contributed by atoms with van der Waals surface area (Å²) in [6.45, 7) is 4.93. The van der Waals surface area contributed by atoms with Crippen LogP contribution in [0.1, 0.15) is 58.8 Å². The van der Waals surface area contributed by atoms with Crippen molar-refractivity contribution < 1.29 is 4.79 Å². The van der Waals surface area contributed by atoms with Crippen molar-refractivity contribution >= 4 is 5.91 Å². The van der Waals surface area contributed by atoms with E-state index in [2.05, 4.69) is 25.1 Å². The third kappa shape index (κ3) is 8.14. The van der Waals surface area contributed by atoms with E-state index < -0.39 is 0 Å². The summed E-state index contributed by atoms with van der Waals surface area (Å²) in [5.41, 5.74) is 5.58. The Morgan fingerprint density at radius 3 is 2.39 bits per heavy atom. The summed E-state index contributed by atoms with van der Waals surface area (Å²) in [7, 11) is 0. The number of carbonyl (C=O) groups excluding carboxylic acids is 1. The average molecular weight is 252 g/mol. The molecule has 104 valence electrons. The Morgan fingerprint density at radius 1 is 1.22 bits per heavy atom. The van der Waals surface area contributed by atoms with Crippen molar-refractivity contribution in [2.24, 2.45) is 11.7 Å². The van der Waals surface area contributed by atoms with E-state index in [1.54, 1.807) is 0 Å². The first kappa shape index (κ1) is 17.0. The molecule has 0 aliphatic heterocycles. The summed E-state index contributed by atoms with van der Waals surface area (Å²) in [6.07, 6.45) is 12.0. The Bertz CT molecular complexity index is 252. The first-order valence-electron chi connectivity index (χ1n) is 7.13. The Kier molecular flexibility index (Phi) is 10.5. The van der Waals surface area contributed by atoms with Crippen molar-refractivity contribution in [3.8, 4) is 12.3 Å². The van der Waals surface area contributed by atoms with Gasteiger partial charge in [0.15, 0.2) is 0 Å². The fourth-order valence-electron chi connectivity index (χ4n) is 2.16. The van der Waals surface area contributed by atoms with Gasteiger partial charge in [-0.25, -0.2) is 0 Å². The first-order valence-corrected chi connectivity index (χ1v) is 7.13. The van der Waals surface area contributed by atoms with Gasteiger partial charge in [-0.2, -0.15) is 0 Å². The second-order valence-corrected chi connectivity index (χ2v) is 4.85. The zero-order valence-electron chi connectivity index (χ0n) is 11.9. The number of rotatable bonds is 10. The van der Waals surface area contributed by atoms with Gasteiger partial charge in [0.05, 0.1) is 6.04 Å². The molecule has 2 unspecified atom stereocenters. The smallest absolute Gasteiger partial charge is 0.220 e. The van der Waals surface area contributed by atoms with Crippen molar-refractivity contribution in [3.63, 3.8) is 0 Å². The van der Waals surface area contributed by atoms with Crippen molar-refractivity contribution in [1.29, 1.82) is 0 Å². The summed E-state index contributed by atoms with van der Waals surface area (Å²) in [5, 5.41) is 2.90. The van der Waals surface area contributed by atoms with E-state index in [9.17, 15) is 4.79 Å². The second-order valence-electron chi connectivity index (χ2n) is 4.85. The molecule has 0 fully saturated rings. The maximum Gasteiger partial charge on any atom is 0.220 e. The second kappa shape index (κ2) is 11.1. The minimum absolute atomic E-state index is 0.0736. The average Bonchev–Trinajstić information content (AvgIpc) is 2.36. The lowest BCUT2D eigenvalue weighted by Gasteiger charge is -2.16. The highest BCUT2D eigenvalue weighted by Crippen LogP contribution is 2.16. The van der Waals surface area contributed by atoms with E-state index >= 15 is 0 Å². The van der Waals surface area contributed by atoms with Crippen LogP contribution in [-0.2, 0) is 4.79 Å². The van der Waals surface area contributed by atoms with Crippen molar-refractivity contribution in [1.82, 2.24) is 5.32 Å². The van der Waals surface area contributed by atoms with E-state index in [0.717, 1.165) is 38.5 Å². The van der Waals surface area contributed by atoms with Crippen LogP contribution in [0.25, 0.3) is 0 Å². The van der Waals surface area contributed by atoms with E-state index in [0.29, 0.717) is 18.9 Å². The van der Waals surface area contributed by atoms with Gasteiger partial charge in [0.25, 0.3) is 0 Å². The lowest BCUT2D eigenvalue weighted by Crippen LogP contribution is -2.33. The molecule has 0 radical (unpaired) electrons. The fraction of sp³-hybridized carbons (Fsp3) is 0.800. The fourth-order valence-corrected chi connectivity index (χ4v) is 2.16. The Balaban J connectivity index is 3.95. The summed E-state index contributed by atoms with van der Waals surface area (Å²) in [5.74, 6) is 3.26. The molecule has 18 heavy (non-hydrogen) atoms. The molecule has 0 heterocycles. The largest absolute Gasteiger partial charge is 0.342 e. The Hall–Kier alpha value is -1.01. The molecule has 0 aliphatic carbocycles. The van der Waals surface area contributed by atoms with Crippen LogP contribution in [-0.4, -0.2) is 18.5 Å². The van der Waals surface area contributed by atoms with Gasteiger partial charge in [0.1, 0.15) is 0 Å². The standard InChI is InChI=1S/C15H28N2O/c1-4-7-13(11-12-16)9-10-15(18)17-14(6-3)8-5-2/h3,13-14H,4-5,7-12,16H2,1-2H3,(H,17,18). The highest BCUT2D eigenvalue weighted by atomic mass is 16.1. The minimum atomic E-state index is -0.110. The number of terminal acetylenes is 1. The highest BCUT2D eigenvalue weighted by Gasteiger charge is 2.12. The normalized spacial score (nSPS) is 13.7. The molecule has 0 bridgehead atoms. The number of carbonyl (C=O) groups is 1. The molecule has 0 saturated heterocycles. The molecule has 1 amide bonds. The van der Waals surface area contributed by atoms with Gasteiger partial charge in [-0.3, -0.25) is 4.79 Å².